The molecule has 0 bridgehead atoms. The molecule has 0 amide bonds. The molecule has 102 valence electrons. The monoisotopic (exact) mass is 342 g/mol. The summed E-state index contributed by atoms with van der Waals surface area (Å²) in [7, 11) is 1.90. The second-order valence-electron chi connectivity index (χ2n) is 4.49. The summed E-state index contributed by atoms with van der Waals surface area (Å²) in [6, 6.07) is 7.45. The third-order valence-electron chi connectivity index (χ3n) is 3.11. The summed E-state index contributed by atoms with van der Waals surface area (Å²) in [5.41, 5.74) is 2.90. The molecule has 0 fully saturated rings. The van der Waals surface area contributed by atoms with Crippen LogP contribution in [0.1, 0.15) is 30.0 Å². The van der Waals surface area contributed by atoms with Gasteiger partial charge in [0.15, 0.2) is 0 Å². The Morgan fingerprint density at radius 1 is 1.42 bits per heavy atom. The van der Waals surface area contributed by atoms with Gasteiger partial charge in [0.05, 0.1) is 11.8 Å². The molecule has 1 atom stereocenters. The minimum absolute atomic E-state index is 0.531. The Balaban J connectivity index is 2.20. The molecule has 5 heteroatoms. The Hall–Kier alpha value is -0.840. The molecule has 1 aromatic heterocycles. The smallest absolute Gasteiger partial charge is 0.0856 e. The molecule has 0 saturated heterocycles. The maximum Gasteiger partial charge on any atom is 0.0856 e. The Morgan fingerprint density at radius 3 is 2.74 bits per heavy atom. The average Bonchev–Trinajstić information content (AvgIpc) is 2.70. The van der Waals surface area contributed by atoms with Crippen molar-refractivity contribution in [1.82, 2.24) is 9.78 Å². The number of aliphatic hydroxyl groups is 1. The Bertz CT molecular complexity index is 583. The van der Waals surface area contributed by atoms with Gasteiger partial charge in [-0.1, -0.05) is 40.5 Å². The van der Waals surface area contributed by atoms with E-state index in [0.717, 1.165) is 27.8 Å². The lowest BCUT2D eigenvalue weighted by molar-refractivity contribution is 0.175. The van der Waals surface area contributed by atoms with Crippen LogP contribution in [-0.2, 0) is 19.9 Å². The lowest BCUT2D eigenvalue weighted by Crippen LogP contribution is -2.07. The van der Waals surface area contributed by atoms with Crippen molar-refractivity contribution in [2.45, 2.75) is 25.9 Å². The first kappa shape index (κ1) is 14.6. The van der Waals surface area contributed by atoms with Crippen molar-refractivity contribution in [3.8, 4) is 0 Å². The molecule has 0 aliphatic rings. The van der Waals surface area contributed by atoms with E-state index in [4.69, 9.17) is 11.6 Å². The van der Waals surface area contributed by atoms with E-state index < -0.39 is 6.10 Å². The highest BCUT2D eigenvalue weighted by Crippen LogP contribution is 2.28. The second-order valence-corrected chi connectivity index (χ2v) is 5.78. The molecule has 0 radical (unpaired) electrons. The number of benzene rings is 1. The lowest BCUT2D eigenvalue weighted by atomic mass is 10.0. The minimum Gasteiger partial charge on any atom is -0.388 e. The van der Waals surface area contributed by atoms with Gasteiger partial charge in [-0.25, -0.2) is 0 Å². The fraction of sp³-hybridized carbons (Fsp3) is 0.357. The van der Waals surface area contributed by atoms with Crippen LogP contribution in [0, 0.1) is 0 Å². The number of hydrogen-bond acceptors (Lipinski definition) is 2. The molecular formula is C14H16BrClN2O. The van der Waals surface area contributed by atoms with Gasteiger partial charge in [0, 0.05) is 28.7 Å². The number of aryl methyl sites for hydroxylation is 2. The van der Waals surface area contributed by atoms with E-state index in [1.165, 1.54) is 0 Å². The molecule has 1 aromatic carbocycles. The van der Waals surface area contributed by atoms with Crippen LogP contribution in [0.25, 0.3) is 0 Å². The van der Waals surface area contributed by atoms with Crippen LogP contribution in [0.3, 0.4) is 0 Å². The first-order valence-corrected chi connectivity index (χ1v) is 7.33. The Kier molecular flexibility index (Phi) is 4.66. The van der Waals surface area contributed by atoms with Gasteiger partial charge < -0.3 is 5.11 Å². The maximum atomic E-state index is 10.3. The van der Waals surface area contributed by atoms with Crippen LogP contribution in [0.5, 0.6) is 0 Å². The lowest BCUT2D eigenvalue weighted by Gasteiger charge is -2.13. The fourth-order valence-corrected chi connectivity index (χ4v) is 2.96. The van der Waals surface area contributed by atoms with Crippen molar-refractivity contribution in [3.63, 3.8) is 0 Å². The van der Waals surface area contributed by atoms with Gasteiger partial charge in [0.2, 0.25) is 0 Å². The molecule has 1 heterocycles. The zero-order valence-electron chi connectivity index (χ0n) is 10.9. The third-order valence-corrected chi connectivity index (χ3v) is 4.04. The van der Waals surface area contributed by atoms with Crippen molar-refractivity contribution in [1.29, 1.82) is 0 Å². The molecule has 0 aliphatic heterocycles. The number of hydrogen-bond donors (Lipinski definition) is 1. The van der Waals surface area contributed by atoms with Gasteiger partial charge in [0.1, 0.15) is 0 Å². The molecule has 0 spiro atoms. The topological polar surface area (TPSA) is 38.0 Å². The summed E-state index contributed by atoms with van der Waals surface area (Å²) < 4.78 is 2.65. The van der Waals surface area contributed by atoms with Crippen LogP contribution in [-0.4, -0.2) is 14.9 Å². The maximum absolute atomic E-state index is 10.3. The highest BCUT2D eigenvalue weighted by atomic mass is 79.9. The fourth-order valence-electron chi connectivity index (χ4n) is 2.02. The molecule has 2 aromatic rings. The van der Waals surface area contributed by atoms with Crippen LogP contribution in [0.2, 0.25) is 5.02 Å². The van der Waals surface area contributed by atoms with Crippen molar-refractivity contribution in [3.05, 3.63) is 50.7 Å². The standard InChI is InChI=1S/C14H16BrClN2O/c1-3-10-7-11(18(2)17-10)8-14(19)12-5-4-9(16)6-13(12)15/h4-7,14,19H,3,8H2,1-2H3. The van der Waals surface area contributed by atoms with E-state index in [-0.39, 0.29) is 0 Å². The molecule has 3 nitrogen and oxygen atoms in total. The third kappa shape index (κ3) is 3.38. The molecular weight excluding hydrogens is 328 g/mol. The molecule has 0 aliphatic carbocycles. The molecule has 0 saturated carbocycles. The van der Waals surface area contributed by atoms with Gasteiger partial charge in [-0.15, -0.1) is 0 Å². The van der Waals surface area contributed by atoms with Crippen LogP contribution < -0.4 is 0 Å². The summed E-state index contributed by atoms with van der Waals surface area (Å²) in [6.07, 6.45) is 0.852. The van der Waals surface area contributed by atoms with Crippen LogP contribution in [0.15, 0.2) is 28.7 Å². The summed E-state index contributed by atoms with van der Waals surface area (Å²) in [4.78, 5) is 0. The van der Waals surface area contributed by atoms with Crippen molar-refractivity contribution >= 4 is 27.5 Å². The van der Waals surface area contributed by atoms with Crippen LogP contribution >= 0.6 is 27.5 Å². The van der Waals surface area contributed by atoms with Gasteiger partial charge in [-0.3, -0.25) is 4.68 Å². The van der Waals surface area contributed by atoms with Gasteiger partial charge in [-0.05, 0) is 30.2 Å². The SMILES string of the molecule is CCc1cc(CC(O)c2ccc(Cl)cc2Br)n(C)n1. The molecule has 2 rings (SSSR count). The number of rotatable bonds is 4. The summed E-state index contributed by atoms with van der Waals surface area (Å²) >= 11 is 9.34. The van der Waals surface area contributed by atoms with E-state index in [1.54, 1.807) is 12.1 Å². The van der Waals surface area contributed by atoms with E-state index >= 15 is 0 Å². The van der Waals surface area contributed by atoms with E-state index in [2.05, 4.69) is 28.0 Å². The predicted octanol–water partition coefficient (Wildman–Crippen LogP) is 3.67. The Morgan fingerprint density at radius 2 is 2.16 bits per heavy atom. The first-order valence-electron chi connectivity index (χ1n) is 6.16. The van der Waals surface area contributed by atoms with Gasteiger partial charge in [0.25, 0.3) is 0 Å². The van der Waals surface area contributed by atoms with E-state index in [0.29, 0.717) is 11.4 Å². The van der Waals surface area contributed by atoms with Crippen molar-refractivity contribution in [2.75, 3.05) is 0 Å². The van der Waals surface area contributed by atoms with Crippen LogP contribution in [0.4, 0.5) is 0 Å². The second kappa shape index (κ2) is 6.07. The van der Waals surface area contributed by atoms with Crippen molar-refractivity contribution in [2.24, 2.45) is 7.05 Å². The van der Waals surface area contributed by atoms with E-state index in [1.807, 2.05) is 23.9 Å². The highest BCUT2D eigenvalue weighted by molar-refractivity contribution is 9.10. The summed E-state index contributed by atoms with van der Waals surface area (Å²) in [5.74, 6) is 0. The number of halogens is 2. The minimum atomic E-state index is -0.577. The van der Waals surface area contributed by atoms with Gasteiger partial charge >= 0.3 is 0 Å². The zero-order valence-corrected chi connectivity index (χ0v) is 13.2. The summed E-state index contributed by atoms with van der Waals surface area (Å²) in [5, 5.41) is 15.4. The largest absolute Gasteiger partial charge is 0.388 e. The normalized spacial score (nSPS) is 12.7. The molecule has 1 unspecified atom stereocenters. The zero-order chi connectivity index (χ0) is 14.0. The number of aliphatic hydroxyl groups excluding tert-OH is 1. The highest BCUT2D eigenvalue weighted by Gasteiger charge is 2.15. The molecule has 19 heavy (non-hydrogen) atoms. The number of nitrogens with zero attached hydrogens (tertiary/aromatic N) is 2. The van der Waals surface area contributed by atoms with Gasteiger partial charge in [-0.2, -0.15) is 5.10 Å². The average molecular weight is 344 g/mol. The van der Waals surface area contributed by atoms with Crippen molar-refractivity contribution < 1.29 is 5.11 Å². The Labute approximate surface area is 126 Å². The van der Waals surface area contributed by atoms with E-state index in [9.17, 15) is 5.11 Å². The quantitative estimate of drug-likeness (QED) is 0.919. The number of aromatic nitrogens is 2. The molecule has 1 N–H and O–H groups in total. The predicted molar refractivity (Wildman–Crippen MR) is 80.4 cm³/mol. The first-order chi connectivity index (χ1) is 9.01. The summed E-state index contributed by atoms with van der Waals surface area (Å²) in [6.45, 7) is 2.07.